The summed E-state index contributed by atoms with van der Waals surface area (Å²) in [6.07, 6.45) is 0.117. The fourth-order valence-corrected chi connectivity index (χ4v) is 2.02. The van der Waals surface area contributed by atoms with Crippen molar-refractivity contribution in [3.05, 3.63) is 59.9 Å². The van der Waals surface area contributed by atoms with Crippen LogP contribution in [0.3, 0.4) is 0 Å². The normalized spacial score (nSPS) is 10.6. The summed E-state index contributed by atoms with van der Waals surface area (Å²) >= 11 is 0. The fourth-order valence-electron chi connectivity index (χ4n) is 2.02. The molecule has 0 atom stereocenters. The van der Waals surface area contributed by atoms with Crippen LogP contribution in [0.5, 0.6) is 5.75 Å². The summed E-state index contributed by atoms with van der Waals surface area (Å²) in [6, 6.07) is 13.4. The third kappa shape index (κ3) is 6.08. The van der Waals surface area contributed by atoms with Crippen LogP contribution in [0.25, 0.3) is 0 Å². The molecule has 1 amide bonds. The lowest BCUT2D eigenvalue weighted by molar-refractivity contribution is -0.115. The molecule has 23 heavy (non-hydrogen) atoms. The summed E-state index contributed by atoms with van der Waals surface area (Å²) in [5.41, 5.74) is 1.64. The number of hydrogen-bond acceptors (Lipinski definition) is 3. The molecule has 2 rings (SSSR count). The Morgan fingerprint density at radius 2 is 1.74 bits per heavy atom. The summed E-state index contributed by atoms with van der Waals surface area (Å²) in [5, 5.41) is 5.82. The first kappa shape index (κ1) is 17.0. The van der Waals surface area contributed by atoms with E-state index in [1.807, 2.05) is 26.0 Å². The Morgan fingerprint density at radius 1 is 1.09 bits per heavy atom. The summed E-state index contributed by atoms with van der Waals surface area (Å²) in [4.78, 5) is 11.9. The van der Waals surface area contributed by atoms with E-state index in [1.54, 1.807) is 24.3 Å². The van der Waals surface area contributed by atoms with Crippen LogP contribution in [0, 0.1) is 5.82 Å². The molecule has 5 heteroatoms. The van der Waals surface area contributed by atoms with Gasteiger partial charge in [-0.25, -0.2) is 4.39 Å². The van der Waals surface area contributed by atoms with Gasteiger partial charge in [0.05, 0.1) is 12.6 Å². The van der Waals surface area contributed by atoms with Gasteiger partial charge in [0.2, 0.25) is 5.91 Å². The highest BCUT2D eigenvalue weighted by Gasteiger charge is 2.03. The van der Waals surface area contributed by atoms with E-state index in [4.69, 9.17) is 4.74 Å². The van der Waals surface area contributed by atoms with E-state index in [9.17, 15) is 9.18 Å². The van der Waals surface area contributed by atoms with E-state index in [0.29, 0.717) is 6.54 Å². The lowest BCUT2D eigenvalue weighted by atomic mass is 10.2. The average Bonchev–Trinajstić information content (AvgIpc) is 2.51. The van der Waals surface area contributed by atoms with Gasteiger partial charge in [-0.05, 0) is 55.8 Å². The SMILES string of the molecule is CC(C)Oc1ccc(NC(=O)CNCc2ccc(F)cc2)cc1. The van der Waals surface area contributed by atoms with Crippen molar-refractivity contribution in [1.82, 2.24) is 5.32 Å². The molecule has 0 bridgehead atoms. The predicted octanol–water partition coefficient (Wildman–Crippen LogP) is 3.34. The third-order valence-corrected chi connectivity index (χ3v) is 3.04. The number of ether oxygens (including phenoxy) is 1. The molecule has 122 valence electrons. The first-order valence-electron chi connectivity index (χ1n) is 7.54. The van der Waals surface area contributed by atoms with E-state index >= 15 is 0 Å². The summed E-state index contributed by atoms with van der Waals surface area (Å²) < 4.78 is 18.3. The van der Waals surface area contributed by atoms with Crippen LogP contribution < -0.4 is 15.4 Å². The maximum Gasteiger partial charge on any atom is 0.238 e. The highest BCUT2D eigenvalue weighted by Crippen LogP contribution is 2.16. The van der Waals surface area contributed by atoms with Gasteiger partial charge in [0.25, 0.3) is 0 Å². The van der Waals surface area contributed by atoms with E-state index in [0.717, 1.165) is 17.0 Å². The number of nitrogens with one attached hydrogen (secondary N) is 2. The number of carbonyl (C=O) groups excluding carboxylic acids is 1. The van der Waals surface area contributed by atoms with Crippen molar-refractivity contribution in [1.29, 1.82) is 0 Å². The van der Waals surface area contributed by atoms with Gasteiger partial charge in [-0.2, -0.15) is 0 Å². The molecule has 0 radical (unpaired) electrons. The molecular formula is C18H21FN2O2. The van der Waals surface area contributed by atoms with Gasteiger partial charge in [-0.1, -0.05) is 12.1 Å². The standard InChI is InChI=1S/C18H21FN2O2/c1-13(2)23-17-9-7-16(8-10-17)21-18(22)12-20-11-14-3-5-15(19)6-4-14/h3-10,13,20H,11-12H2,1-2H3,(H,21,22). The Kier molecular flexibility index (Phi) is 6.11. The maximum absolute atomic E-state index is 12.8. The Bertz CT molecular complexity index is 624. The van der Waals surface area contributed by atoms with Gasteiger partial charge in [0.15, 0.2) is 0 Å². The molecule has 4 nitrogen and oxygen atoms in total. The van der Waals surface area contributed by atoms with Crippen molar-refractivity contribution >= 4 is 11.6 Å². The quantitative estimate of drug-likeness (QED) is 0.824. The molecule has 0 aliphatic heterocycles. The van der Waals surface area contributed by atoms with Crippen LogP contribution >= 0.6 is 0 Å². The highest BCUT2D eigenvalue weighted by molar-refractivity contribution is 5.92. The number of carbonyl (C=O) groups is 1. The van der Waals surface area contributed by atoms with Crippen LogP contribution in [-0.4, -0.2) is 18.6 Å². The van der Waals surface area contributed by atoms with Gasteiger partial charge in [-0.15, -0.1) is 0 Å². The molecule has 2 N–H and O–H groups in total. The van der Waals surface area contributed by atoms with Crippen LogP contribution in [0.15, 0.2) is 48.5 Å². The van der Waals surface area contributed by atoms with Crippen molar-refractivity contribution in [2.24, 2.45) is 0 Å². The molecule has 0 aromatic heterocycles. The predicted molar refractivity (Wildman–Crippen MR) is 88.9 cm³/mol. The first-order valence-corrected chi connectivity index (χ1v) is 7.54. The van der Waals surface area contributed by atoms with Crippen molar-refractivity contribution in [2.45, 2.75) is 26.5 Å². The van der Waals surface area contributed by atoms with E-state index in [1.165, 1.54) is 12.1 Å². The number of benzene rings is 2. The Hall–Kier alpha value is -2.40. The molecule has 0 aliphatic rings. The van der Waals surface area contributed by atoms with Crippen molar-refractivity contribution in [3.8, 4) is 5.75 Å². The van der Waals surface area contributed by atoms with Gasteiger partial charge < -0.3 is 15.4 Å². The second-order valence-corrected chi connectivity index (χ2v) is 5.47. The zero-order chi connectivity index (χ0) is 16.7. The lowest BCUT2D eigenvalue weighted by Gasteiger charge is -2.11. The van der Waals surface area contributed by atoms with Crippen LogP contribution in [-0.2, 0) is 11.3 Å². The van der Waals surface area contributed by atoms with Crippen molar-refractivity contribution in [3.63, 3.8) is 0 Å². The number of hydrogen-bond donors (Lipinski definition) is 2. The Labute approximate surface area is 135 Å². The largest absolute Gasteiger partial charge is 0.491 e. The molecule has 0 saturated carbocycles. The van der Waals surface area contributed by atoms with Crippen molar-refractivity contribution < 1.29 is 13.9 Å². The Balaban J connectivity index is 1.75. The molecule has 0 unspecified atom stereocenters. The van der Waals surface area contributed by atoms with Crippen LogP contribution in [0.4, 0.5) is 10.1 Å². The molecule has 0 aliphatic carbocycles. The van der Waals surface area contributed by atoms with Crippen molar-refractivity contribution in [2.75, 3.05) is 11.9 Å². The summed E-state index contributed by atoms with van der Waals surface area (Å²) in [7, 11) is 0. The van der Waals surface area contributed by atoms with Gasteiger partial charge in [-0.3, -0.25) is 4.79 Å². The van der Waals surface area contributed by atoms with Gasteiger partial charge >= 0.3 is 0 Å². The van der Waals surface area contributed by atoms with Crippen LogP contribution in [0.1, 0.15) is 19.4 Å². The second kappa shape index (κ2) is 8.29. The lowest BCUT2D eigenvalue weighted by Crippen LogP contribution is -2.27. The molecule has 2 aromatic carbocycles. The Morgan fingerprint density at radius 3 is 2.35 bits per heavy atom. The van der Waals surface area contributed by atoms with E-state index in [2.05, 4.69) is 10.6 Å². The molecular weight excluding hydrogens is 295 g/mol. The number of amides is 1. The fraction of sp³-hybridized carbons (Fsp3) is 0.278. The molecule has 0 heterocycles. The zero-order valence-electron chi connectivity index (χ0n) is 13.3. The highest BCUT2D eigenvalue weighted by atomic mass is 19.1. The van der Waals surface area contributed by atoms with E-state index in [-0.39, 0.29) is 24.4 Å². The topological polar surface area (TPSA) is 50.4 Å². The molecule has 2 aromatic rings. The summed E-state index contributed by atoms with van der Waals surface area (Å²) in [5.74, 6) is 0.369. The number of anilines is 1. The number of halogens is 1. The molecule has 0 spiro atoms. The molecule has 0 fully saturated rings. The number of rotatable bonds is 7. The third-order valence-electron chi connectivity index (χ3n) is 3.04. The monoisotopic (exact) mass is 316 g/mol. The van der Waals surface area contributed by atoms with Crippen LogP contribution in [0.2, 0.25) is 0 Å². The minimum atomic E-state index is -0.267. The smallest absolute Gasteiger partial charge is 0.238 e. The average molecular weight is 316 g/mol. The minimum absolute atomic E-state index is 0.117. The van der Waals surface area contributed by atoms with Gasteiger partial charge in [0.1, 0.15) is 11.6 Å². The van der Waals surface area contributed by atoms with Gasteiger partial charge in [0, 0.05) is 12.2 Å². The minimum Gasteiger partial charge on any atom is -0.491 e. The first-order chi connectivity index (χ1) is 11.0. The molecule has 0 saturated heterocycles. The maximum atomic E-state index is 12.8. The summed E-state index contributed by atoms with van der Waals surface area (Å²) in [6.45, 7) is 4.61. The zero-order valence-corrected chi connectivity index (χ0v) is 13.3. The van der Waals surface area contributed by atoms with E-state index < -0.39 is 0 Å². The second-order valence-electron chi connectivity index (χ2n) is 5.47.